The van der Waals surface area contributed by atoms with Crippen LogP contribution >= 0.6 is 27.3 Å². The Morgan fingerprint density at radius 2 is 2.17 bits per heavy atom. The number of hydrogen-bond acceptors (Lipinski definition) is 5. The maximum absolute atomic E-state index is 11.9. The van der Waals surface area contributed by atoms with Gasteiger partial charge in [0.2, 0.25) is 0 Å². The molecule has 0 bridgehead atoms. The summed E-state index contributed by atoms with van der Waals surface area (Å²) in [5.74, 6) is 4.40. The van der Waals surface area contributed by atoms with Crippen molar-refractivity contribution in [3.05, 3.63) is 50.9 Å². The molecule has 2 amide bonds. The molecule has 0 saturated carbocycles. The number of nitrogens with zero attached hydrogens (tertiary/aromatic N) is 2. The third kappa shape index (κ3) is 2.63. The molecule has 0 unspecified atom stereocenters. The van der Waals surface area contributed by atoms with Gasteiger partial charge in [-0.05, 0) is 34.1 Å². The van der Waals surface area contributed by atoms with Crippen LogP contribution in [0.2, 0.25) is 0 Å². The number of carbonyl (C=O) groups is 2. The molecule has 0 aliphatic rings. The quantitative estimate of drug-likeness (QED) is 0.397. The van der Waals surface area contributed by atoms with Crippen LogP contribution in [-0.4, -0.2) is 21.8 Å². The lowest BCUT2D eigenvalue weighted by Gasteiger charge is -2.13. The molecule has 2 aromatic heterocycles. The Bertz CT molecular complexity index is 585. The SMILES string of the molecule is NN(C(=O)c1cccnc1)C(=O)c1cc(Br)cs1. The summed E-state index contributed by atoms with van der Waals surface area (Å²) in [6, 6.07) is 4.77. The van der Waals surface area contributed by atoms with E-state index in [9.17, 15) is 9.59 Å². The number of hydrogen-bond donors (Lipinski definition) is 1. The molecular formula is C11H8BrN3O2S. The minimum atomic E-state index is -0.586. The van der Waals surface area contributed by atoms with Crippen LogP contribution in [0.25, 0.3) is 0 Å². The normalized spacial score (nSPS) is 10.1. The smallest absolute Gasteiger partial charge is 0.267 e. The highest BCUT2D eigenvalue weighted by atomic mass is 79.9. The lowest BCUT2D eigenvalue weighted by molar-refractivity contribution is 0.0618. The molecule has 0 spiro atoms. The molecule has 18 heavy (non-hydrogen) atoms. The van der Waals surface area contributed by atoms with Gasteiger partial charge in [-0.3, -0.25) is 14.6 Å². The molecule has 2 rings (SSSR count). The van der Waals surface area contributed by atoms with E-state index in [1.807, 2.05) is 0 Å². The van der Waals surface area contributed by atoms with Gasteiger partial charge < -0.3 is 0 Å². The lowest BCUT2D eigenvalue weighted by Crippen LogP contribution is -2.42. The standard InChI is InChI=1S/C11H8BrN3O2S/c12-8-4-9(18-6-8)11(17)15(13)10(16)7-2-1-3-14-5-7/h1-6H,13H2. The number of halogens is 1. The van der Waals surface area contributed by atoms with Gasteiger partial charge in [-0.15, -0.1) is 11.3 Å². The van der Waals surface area contributed by atoms with Crippen molar-refractivity contribution < 1.29 is 9.59 Å². The largest absolute Gasteiger partial charge is 0.285 e. The second-order valence-corrected chi connectivity index (χ2v) is 5.18. The third-order valence-electron chi connectivity index (χ3n) is 2.12. The fraction of sp³-hybridized carbons (Fsp3) is 0. The van der Waals surface area contributed by atoms with Gasteiger partial charge in [-0.1, -0.05) is 0 Å². The zero-order valence-corrected chi connectivity index (χ0v) is 11.4. The molecule has 2 heterocycles. The minimum absolute atomic E-state index is 0.268. The van der Waals surface area contributed by atoms with Crippen molar-refractivity contribution in [3.63, 3.8) is 0 Å². The Labute approximate surface area is 115 Å². The molecular weight excluding hydrogens is 318 g/mol. The number of thiophene rings is 1. The van der Waals surface area contributed by atoms with Gasteiger partial charge in [0.05, 0.1) is 10.4 Å². The highest BCUT2D eigenvalue weighted by Gasteiger charge is 2.22. The number of hydrazine groups is 1. The van der Waals surface area contributed by atoms with Gasteiger partial charge in [-0.2, -0.15) is 0 Å². The first-order chi connectivity index (χ1) is 8.59. The molecule has 2 aromatic rings. The van der Waals surface area contributed by atoms with Crippen LogP contribution in [0.5, 0.6) is 0 Å². The Hall–Kier alpha value is -1.57. The van der Waals surface area contributed by atoms with E-state index in [0.717, 1.165) is 4.47 Å². The van der Waals surface area contributed by atoms with Crippen molar-refractivity contribution in [3.8, 4) is 0 Å². The Balaban J connectivity index is 2.19. The highest BCUT2D eigenvalue weighted by molar-refractivity contribution is 9.10. The summed E-state index contributed by atoms with van der Waals surface area (Å²) in [5, 5.41) is 2.34. The Morgan fingerprint density at radius 3 is 2.72 bits per heavy atom. The van der Waals surface area contributed by atoms with Crippen LogP contribution < -0.4 is 5.84 Å². The maximum atomic E-state index is 11.9. The molecule has 0 aliphatic carbocycles. The predicted octanol–water partition coefficient (Wildman–Crippen LogP) is 2.06. The monoisotopic (exact) mass is 325 g/mol. The van der Waals surface area contributed by atoms with E-state index in [0.29, 0.717) is 9.89 Å². The van der Waals surface area contributed by atoms with Gasteiger partial charge in [0.25, 0.3) is 11.8 Å². The Kier molecular flexibility index (Phi) is 3.85. The number of aromatic nitrogens is 1. The zero-order chi connectivity index (χ0) is 13.1. The summed E-state index contributed by atoms with van der Waals surface area (Å²) in [6.45, 7) is 0. The zero-order valence-electron chi connectivity index (χ0n) is 9.04. The first-order valence-electron chi connectivity index (χ1n) is 4.87. The maximum Gasteiger partial charge on any atom is 0.285 e. The molecule has 0 atom stereocenters. The fourth-order valence-electron chi connectivity index (χ4n) is 1.26. The van der Waals surface area contributed by atoms with Crippen molar-refractivity contribution >= 4 is 39.1 Å². The third-order valence-corrected chi connectivity index (χ3v) is 3.80. The summed E-state index contributed by atoms with van der Waals surface area (Å²) < 4.78 is 0.776. The number of imide groups is 1. The molecule has 2 N–H and O–H groups in total. The van der Waals surface area contributed by atoms with E-state index in [1.165, 1.54) is 23.7 Å². The number of pyridine rings is 1. The van der Waals surface area contributed by atoms with Crippen molar-refractivity contribution in [1.82, 2.24) is 9.99 Å². The van der Waals surface area contributed by atoms with Crippen molar-refractivity contribution in [2.45, 2.75) is 0 Å². The Morgan fingerprint density at radius 1 is 1.39 bits per heavy atom. The summed E-state index contributed by atoms with van der Waals surface area (Å²) in [5.41, 5.74) is 0.268. The van der Waals surface area contributed by atoms with E-state index in [1.54, 1.807) is 23.6 Å². The molecule has 92 valence electrons. The summed E-state index contributed by atoms with van der Waals surface area (Å²) in [6.07, 6.45) is 2.90. The fourth-order valence-corrected chi connectivity index (χ4v) is 2.63. The average Bonchev–Trinajstić information content (AvgIpc) is 2.84. The van der Waals surface area contributed by atoms with E-state index >= 15 is 0 Å². The molecule has 5 nitrogen and oxygen atoms in total. The molecule has 0 aromatic carbocycles. The number of rotatable bonds is 2. The van der Waals surface area contributed by atoms with E-state index in [4.69, 9.17) is 5.84 Å². The molecule has 7 heteroatoms. The molecule has 0 radical (unpaired) electrons. The highest BCUT2D eigenvalue weighted by Crippen LogP contribution is 2.20. The van der Waals surface area contributed by atoms with Crippen LogP contribution in [-0.2, 0) is 0 Å². The van der Waals surface area contributed by atoms with E-state index < -0.39 is 11.8 Å². The van der Waals surface area contributed by atoms with Crippen LogP contribution in [0.15, 0.2) is 40.4 Å². The first kappa shape index (κ1) is 12.9. The van der Waals surface area contributed by atoms with Gasteiger partial charge in [0.1, 0.15) is 0 Å². The molecule has 0 saturated heterocycles. The second-order valence-electron chi connectivity index (χ2n) is 3.35. The van der Waals surface area contributed by atoms with Gasteiger partial charge in [0, 0.05) is 22.2 Å². The summed E-state index contributed by atoms with van der Waals surface area (Å²) in [7, 11) is 0. The lowest BCUT2D eigenvalue weighted by atomic mass is 10.2. The van der Waals surface area contributed by atoms with E-state index in [-0.39, 0.29) is 5.56 Å². The van der Waals surface area contributed by atoms with Crippen molar-refractivity contribution in [1.29, 1.82) is 0 Å². The summed E-state index contributed by atoms with van der Waals surface area (Å²) in [4.78, 5) is 28.0. The predicted molar refractivity (Wildman–Crippen MR) is 70.9 cm³/mol. The van der Waals surface area contributed by atoms with Crippen molar-refractivity contribution in [2.24, 2.45) is 5.84 Å². The number of amides is 2. The van der Waals surface area contributed by atoms with Gasteiger partial charge in [-0.25, -0.2) is 10.9 Å². The number of nitrogens with two attached hydrogens (primary N) is 1. The topological polar surface area (TPSA) is 76.3 Å². The van der Waals surface area contributed by atoms with Crippen LogP contribution in [0, 0.1) is 0 Å². The van der Waals surface area contributed by atoms with Crippen LogP contribution in [0.4, 0.5) is 0 Å². The number of carbonyl (C=O) groups excluding carboxylic acids is 2. The van der Waals surface area contributed by atoms with Crippen LogP contribution in [0.1, 0.15) is 20.0 Å². The second kappa shape index (κ2) is 5.38. The first-order valence-corrected chi connectivity index (χ1v) is 6.54. The summed E-state index contributed by atoms with van der Waals surface area (Å²) >= 11 is 4.45. The molecule has 0 aliphatic heterocycles. The molecule has 0 fully saturated rings. The van der Waals surface area contributed by atoms with Crippen LogP contribution in [0.3, 0.4) is 0 Å². The average molecular weight is 326 g/mol. The van der Waals surface area contributed by atoms with Gasteiger partial charge >= 0.3 is 0 Å². The minimum Gasteiger partial charge on any atom is -0.267 e. The van der Waals surface area contributed by atoms with Gasteiger partial charge in [0.15, 0.2) is 0 Å². The van der Waals surface area contributed by atoms with E-state index in [2.05, 4.69) is 20.9 Å². The van der Waals surface area contributed by atoms with Crippen molar-refractivity contribution in [2.75, 3.05) is 0 Å².